The second kappa shape index (κ2) is 6.55. The molecule has 2 fully saturated rings. The molecular formula is C19H26N4O. The lowest BCUT2D eigenvalue weighted by Crippen LogP contribution is -2.34. The van der Waals surface area contributed by atoms with Gasteiger partial charge in [-0.25, -0.2) is 4.98 Å². The fourth-order valence-electron chi connectivity index (χ4n) is 4.34. The Morgan fingerprint density at radius 1 is 1.12 bits per heavy atom. The minimum absolute atomic E-state index is 0.0191. The molecule has 0 radical (unpaired) electrons. The van der Waals surface area contributed by atoms with E-state index in [-0.39, 0.29) is 17.9 Å². The molecule has 0 bridgehead atoms. The van der Waals surface area contributed by atoms with Crippen molar-refractivity contribution in [3.63, 3.8) is 0 Å². The van der Waals surface area contributed by atoms with Gasteiger partial charge in [-0.1, -0.05) is 31.4 Å². The number of amides is 1. The van der Waals surface area contributed by atoms with Crippen LogP contribution in [0.5, 0.6) is 0 Å². The third-order valence-corrected chi connectivity index (χ3v) is 5.61. The Labute approximate surface area is 142 Å². The number of hydrogen-bond acceptors (Lipinski definition) is 3. The van der Waals surface area contributed by atoms with Crippen molar-refractivity contribution in [2.45, 2.75) is 63.5 Å². The first-order valence-electron chi connectivity index (χ1n) is 9.26. The van der Waals surface area contributed by atoms with Gasteiger partial charge in [-0.05, 0) is 44.2 Å². The zero-order valence-corrected chi connectivity index (χ0v) is 14.1. The number of fused-ring (bicyclic) bond motifs is 1. The highest BCUT2D eigenvalue weighted by molar-refractivity contribution is 5.93. The molecule has 2 aromatic rings. The van der Waals surface area contributed by atoms with Crippen LogP contribution in [0.1, 0.15) is 57.4 Å². The van der Waals surface area contributed by atoms with Gasteiger partial charge in [-0.2, -0.15) is 0 Å². The summed E-state index contributed by atoms with van der Waals surface area (Å²) in [6.07, 6.45) is 8.63. The molecule has 2 atom stereocenters. The molecule has 0 spiro atoms. The van der Waals surface area contributed by atoms with E-state index in [2.05, 4.69) is 16.0 Å². The molecule has 1 heterocycles. The first-order chi connectivity index (χ1) is 11.7. The van der Waals surface area contributed by atoms with Gasteiger partial charge in [0.05, 0.1) is 11.0 Å². The van der Waals surface area contributed by atoms with Crippen molar-refractivity contribution >= 4 is 22.9 Å². The number of aromatic nitrogens is 2. The van der Waals surface area contributed by atoms with Crippen molar-refractivity contribution in [1.82, 2.24) is 9.55 Å². The van der Waals surface area contributed by atoms with Crippen LogP contribution in [0, 0.1) is 5.92 Å². The summed E-state index contributed by atoms with van der Waals surface area (Å²) >= 11 is 0. The zero-order valence-electron chi connectivity index (χ0n) is 14.1. The van der Waals surface area contributed by atoms with Gasteiger partial charge in [0.25, 0.3) is 0 Å². The van der Waals surface area contributed by atoms with E-state index in [1.54, 1.807) is 0 Å². The SMILES string of the molecule is NC1CCCC(C(=O)Nc2nc3ccccc3n2C2CCCC2)C1. The van der Waals surface area contributed by atoms with Gasteiger partial charge >= 0.3 is 0 Å². The Bertz CT molecular complexity index is 732. The van der Waals surface area contributed by atoms with Crippen LogP contribution in [0.3, 0.4) is 0 Å². The highest BCUT2D eigenvalue weighted by atomic mass is 16.2. The summed E-state index contributed by atoms with van der Waals surface area (Å²) in [4.78, 5) is 17.4. The van der Waals surface area contributed by atoms with Crippen LogP contribution in [0.25, 0.3) is 11.0 Å². The Hall–Kier alpha value is -1.88. The molecule has 5 nitrogen and oxygen atoms in total. The van der Waals surface area contributed by atoms with Crippen LogP contribution in [-0.4, -0.2) is 21.5 Å². The average Bonchev–Trinajstić information content (AvgIpc) is 3.21. The van der Waals surface area contributed by atoms with E-state index in [9.17, 15) is 4.79 Å². The van der Waals surface area contributed by atoms with Gasteiger partial charge in [-0.3, -0.25) is 10.1 Å². The second-order valence-corrected chi connectivity index (χ2v) is 7.35. The molecule has 2 saturated carbocycles. The van der Waals surface area contributed by atoms with E-state index >= 15 is 0 Å². The van der Waals surface area contributed by atoms with Gasteiger partial charge in [0.2, 0.25) is 11.9 Å². The Balaban J connectivity index is 1.63. The highest BCUT2D eigenvalue weighted by Gasteiger charge is 2.28. The lowest BCUT2D eigenvalue weighted by Gasteiger charge is -2.26. The van der Waals surface area contributed by atoms with Crippen LogP contribution < -0.4 is 11.1 Å². The molecule has 2 aliphatic carbocycles. The third kappa shape index (κ3) is 2.93. The zero-order chi connectivity index (χ0) is 16.5. The number of anilines is 1. The monoisotopic (exact) mass is 326 g/mol. The van der Waals surface area contributed by atoms with E-state index in [4.69, 9.17) is 10.7 Å². The lowest BCUT2D eigenvalue weighted by molar-refractivity contribution is -0.121. The fourth-order valence-corrected chi connectivity index (χ4v) is 4.34. The largest absolute Gasteiger partial charge is 0.328 e. The molecule has 1 amide bonds. The summed E-state index contributed by atoms with van der Waals surface area (Å²) in [5, 5.41) is 3.12. The number of hydrogen-bond donors (Lipinski definition) is 2. The summed E-state index contributed by atoms with van der Waals surface area (Å²) in [6, 6.07) is 8.77. The maximum Gasteiger partial charge on any atom is 0.229 e. The number of para-hydroxylation sites is 2. The quantitative estimate of drug-likeness (QED) is 0.905. The molecule has 1 aromatic carbocycles. The minimum Gasteiger partial charge on any atom is -0.328 e. The van der Waals surface area contributed by atoms with Crippen molar-refractivity contribution in [1.29, 1.82) is 0 Å². The molecule has 5 heteroatoms. The smallest absolute Gasteiger partial charge is 0.229 e. The number of benzene rings is 1. The topological polar surface area (TPSA) is 72.9 Å². The van der Waals surface area contributed by atoms with Gasteiger partial charge in [-0.15, -0.1) is 0 Å². The fraction of sp³-hybridized carbons (Fsp3) is 0.579. The van der Waals surface area contributed by atoms with E-state index in [0.717, 1.165) is 49.6 Å². The maximum absolute atomic E-state index is 12.7. The molecule has 128 valence electrons. The molecular weight excluding hydrogens is 300 g/mol. The number of nitrogens with one attached hydrogen (secondary N) is 1. The summed E-state index contributed by atoms with van der Waals surface area (Å²) in [5.41, 5.74) is 8.13. The van der Waals surface area contributed by atoms with E-state index in [1.165, 1.54) is 12.8 Å². The predicted molar refractivity (Wildman–Crippen MR) is 95.8 cm³/mol. The Morgan fingerprint density at radius 3 is 2.71 bits per heavy atom. The van der Waals surface area contributed by atoms with Crippen molar-refractivity contribution in [2.24, 2.45) is 11.7 Å². The summed E-state index contributed by atoms with van der Waals surface area (Å²) < 4.78 is 2.25. The second-order valence-electron chi connectivity index (χ2n) is 7.35. The van der Waals surface area contributed by atoms with Crippen molar-refractivity contribution in [3.05, 3.63) is 24.3 Å². The summed E-state index contributed by atoms with van der Waals surface area (Å²) in [7, 11) is 0. The van der Waals surface area contributed by atoms with Crippen LogP contribution in [0.4, 0.5) is 5.95 Å². The molecule has 2 unspecified atom stereocenters. The molecule has 2 aliphatic rings. The molecule has 1 aromatic heterocycles. The minimum atomic E-state index is 0.0191. The van der Waals surface area contributed by atoms with Gasteiger partial charge < -0.3 is 10.3 Å². The summed E-state index contributed by atoms with van der Waals surface area (Å²) in [6.45, 7) is 0. The standard InChI is InChI=1S/C19H26N4O/c20-14-7-5-6-13(12-14)18(24)22-19-21-16-10-3-4-11-17(16)23(19)15-8-1-2-9-15/h3-4,10-11,13-15H,1-2,5-9,12,20H2,(H,21,22,24). The average molecular weight is 326 g/mol. The lowest BCUT2D eigenvalue weighted by atomic mass is 9.85. The Kier molecular flexibility index (Phi) is 4.27. The number of nitrogens with two attached hydrogens (primary N) is 1. The molecule has 0 aliphatic heterocycles. The number of nitrogens with zero attached hydrogens (tertiary/aromatic N) is 2. The Morgan fingerprint density at radius 2 is 1.92 bits per heavy atom. The van der Waals surface area contributed by atoms with Crippen LogP contribution in [0.2, 0.25) is 0 Å². The molecule has 0 saturated heterocycles. The van der Waals surface area contributed by atoms with Gasteiger partial charge in [0.15, 0.2) is 0 Å². The van der Waals surface area contributed by atoms with Crippen molar-refractivity contribution < 1.29 is 4.79 Å². The number of carbonyl (C=O) groups excluding carboxylic acids is 1. The number of rotatable bonds is 3. The van der Waals surface area contributed by atoms with E-state index in [1.807, 2.05) is 18.2 Å². The number of carbonyl (C=O) groups is 1. The number of imidazole rings is 1. The molecule has 3 N–H and O–H groups in total. The van der Waals surface area contributed by atoms with Crippen LogP contribution in [0.15, 0.2) is 24.3 Å². The van der Waals surface area contributed by atoms with Gasteiger partial charge in [0, 0.05) is 18.0 Å². The first-order valence-corrected chi connectivity index (χ1v) is 9.26. The van der Waals surface area contributed by atoms with Crippen molar-refractivity contribution in [3.8, 4) is 0 Å². The normalized spacial score (nSPS) is 25.2. The molecule has 24 heavy (non-hydrogen) atoms. The van der Waals surface area contributed by atoms with Crippen molar-refractivity contribution in [2.75, 3.05) is 5.32 Å². The van der Waals surface area contributed by atoms with Gasteiger partial charge in [0.1, 0.15) is 0 Å². The van der Waals surface area contributed by atoms with Crippen LogP contribution >= 0.6 is 0 Å². The van der Waals surface area contributed by atoms with Crippen LogP contribution in [-0.2, 0) is 4.79 Å². The molecule has 4 rings (SSSR count). The first kappa shape index (κ1) is 15.6. The van der Waals surface area contributed by atoms with E-state index in [0.29, 0.717) is 12.0 Å². The van der Waals surface area contributed by atoms with E-state index < -0.39 is 0 Å². The maximum atomic E-state index is 12.7. The predicted octanol–water partition coefficient (Wildman–Crippen LogP) is 3.61. The highest BCUT2D eigenvalue weighted by Crippen LogP contribution is 2.35. The third-order valence-electron chi connectivity index (χ3n) is 5.61. The summed E-state index contributed by atoms with van der Waals surface area (Å²) in [5.74, 6) is 0.817.